The van der Waals surface area contributed by atoms with E-state index in [1.54, 1.807) is 17.7 Å². The van der Waals surface area contributed by atoms with E-state index in [0.717, 1.165) is 11.5 Å². The lowest BCUT2D eigenvalue weighted by atomic mass is 10.1. The van der Waals surface area contributed by atoms with Gasteiger partial charge in [0.15, 0.2) is 17.9 Å². The normalized spacial score (nSPS) is 10.2. The van der Waals surface area contributed by atoms with Crippen LogP contribution in [0.15, 0.2) is 83.1 Å². The van der Waals surface area contributed by atoms with Gasteiger partial charge in [-0.15, -0.1) is 6.58 Å². The van der Waals surface area contributed by atoms with Gasteiger partial charge in [0.05, 0.1) is 16.6 Å². The molecule has 0 spiro atoms. The molecule has 5 rings (SSSR count). The number of nitrogens with zero attached hydrogens (tertiary/aromatic N) is 5. The number of primary amides is 1. The zero-order valence-electron chi connectivity index (χ0n) is 22.1. The predicted octanol–water partition coefficient (Wildman–Crippen LogP) is 3.04. The summed E-state index contributed by atoms with van der Waals surface area (Å²) < 4.78 is 8.06. The molecule has 0 atom stereocenters. The van der Waals surface area contributed by atoms with Crippen molar-refractivity contribution < 1.29 is 9.21 Å². The van der Waals surface area contributed by atoms with E-state index in [1.807, 2.05) is 55.5 Å². The number of nitrogens with two attached hydrogens (primary N) is 2. The van der Waals surface area contributed by atoms with Crippen LogP contribution in [-0.4, -0.2) is 36.8 Å². The van der Waals surface area contributed by atoms with Crippen LogP contribution in [0.25, 0.3) is 16.6 Å². The summed E-state index contributed by atoms with van der Waals surface area (Å²) in [6.45, 7) is 6.05. The van der Waals surface area contributed by atoms with Crippen LogP contribution < -0.4 is 22.3 Å². The topological polar surface area (TPSA) is 160 Å². The fourth-order valence-electron chi connectivity index (χ4n) is 4.03. The first-order chi connectivity index (χ1) is 19.3. The molecule has 202 valence electrons. The number of hydrogen-bond donors (Lipinski definition) is 3. The summed E-state index contributed by atoms with van der Waals surface area (Å²) in [5, 5.41) is 7.32. The number of aryl methyl sites for hydroxylation is 2. The molecule has 0 saturated carbocycles. The zero-order valence-corrected chi connectivity index (χ0v) is 22.1. The van der Waals surface area contributed by atoms with E-state index < -0.39 is 5.91 Å². The Morgan fingerprint density at radius 2 is 1.95 bits per heavy atom. The third-order valence-electron chi connectivity index (χ3n) is 5.79. The molecule has 11 heteroatoms. The van der Waals surface area contributed by atoms with Crippen molar-refractivity contribution in [3.05, 3.63) is 107 Å². The van der Waals surface area contributed by atoms with Gasteiger partial charge >= 0.3 is 0 Å². The molecule has 0 aliphatic carbocycles. The van der Waals surface area contributed by atoms with Gasteiger partial charge in [-0.2, -0.15) is 5.10 Å². The van der Waals surface area contributed by atoms with Crippen LogP contribution in [0.1, 0.15) is 34.4 Å². The third-order valence-corrected chi connectivity index (χ3v) is 5.79. The number of para-hydroxylation sites is 1. The van der Waals surface area contributed by atoms with E-state index in [-0.39, 0.29) is 16.9 Å². The van der Waals surface area contributed by atoms with Gasteiger partial charge < -0.3 is 21.2 Å². The van der Waals surface area contributed by atoms with E-state index in [9.17, 15) is 9.59 Å². The number of amides is 1. The number of oxazole rings is 1. The van der Waals surface area contributed by atoms with Gasteiger partial charge in [-0.25, -0.2) is 9.97 Å². The lowest BCUT2D eigenvalue weighted by molar-refractivity contribution is 0.100. The standard InChI is InChI=1S/C21H15N3O2.C8H13N5O/c1-2-19-23-18-10-6-7-15(11-12-16-13-26-14-22-16)20(18)21(25)24(19)17-8-4-3-5-9-17;1-3-4-11-8-5(7(10)14)6(9)12-13(8)2/h3-10,13-14H,2H2,1H3;3,11H,1,4H2,2H3,(H2,9,12)(H2,10,14). The highest BCUT2D eigenvalue weighted by Crippen LogP contribution is 2.20. The molecule has 2 aromatic carbocycles. The second-order valence-corrected chi connectivity index (χ2v) is 8.45. The molecule has 3 aromatic heterocycles. The monoisotopic (exact) mass is 536 g/mol. The Kier molecular flexibility index (Phi) is 8.41. The summed E-state index contributed by atoms with van der Waals surface area (Å²) >= 11 is 0. The van der Waals surface area contributed by atoms with Crippen LogP contribution in [0.4, 0.5) is 11.6 Å². The molecule has 0 bridgehead atoms. The number of anilines is 2. The van der Waals surface area contributed by atoms with Crippen LogP contribution in [-0.2, 0) is 13.5 Å². The number of nitrogen functional groups attached to an aromatic ring is 1. The molecular weight excluding hydrogens is 508 g/mol. The third kappa shape index (κ3) is 5.76. The van der Waals surface area contributed by atoms with Gasteiger partial charge in [-0.05, 0) is 30.2 Å². The maximum absolute atomic E-state index is 13.3. The van der Waals surface area contributed by atoms with Crippen molar-refractivity contribution in [1.29, 1.82) is 0 Å². The highest BCUT2D eigenvalue weighted by molar-refractivity contribution is 6.02. The summed E-state index contributed by atoms with van der Waals surface area (Å²) in [5.41, 5.74) is 13.4. The first-order valence-corrected chi connectivity index (χ1v) is 12.3. The second kappa shape index (κ2) is 12.3. The summed E-state index contributed by atoms with van der Waals surface area (Å²) in [6, 6.07) is 15.0. The quantitative estimate of drug-likeness (QED) is 0.220. The minimum atomic E-state index is -0.595. The number of fused-ring (bicyclic) bond motifs is 1. The predicted molar refractivity (Wildman–Crippen MR) is 154 cm³/mol. The molecule has 0 saturated heterocycles. The SMILES string of the molecule is C=CCNc1c(C(N)=O)c(N)nn1C.CCc1nc2cccc(C#Cc3cocn3)c2c(=O)n1-c1ccccc1. The van der Waals surface area contributed by atoms with Crippen molar-refractivity contribution in [2.75, 3.05) is 17.6 Å². The van der Waals surface area contributed by atoms with E-state index >= 15 is 0 Å². The van der Waals surface area contributed by atoms with Gasteiger partial charge in [-0.3, -0.25) is 18.8 Å². The van der Waals surface area contributed by atoms with E-state index in [1.165, 1.54) is 17.3 Å². The van der Waals surface area contributed by atoms with Crippen molar-refractivity contribution in [1.82, 2.24) is 24.3 Å². The Balaban J connectivity index is 0.000000224. The smallest absolute Gasteiger partial charge is 0.267 e. The number of carbonyl (C=O) groups is 1. The fourth-order valence-corrected chi connectivity index (χ4v) is 4.03. The molecule has 0 aliphatic heterocycles. The number of benzene rings is 2. The van der Waals surface area contributed by atoms with Crippen LogP contribution in [0, 0.1) is 11.8 Å². The second-order valence-electron chi connectivity index (χ2n) is 8.45. The van der Waals surface area contributed by atoms with Crippen LogP contribution in [0.2, 0.25) is 0 Å². The molecule has 0 radical (unpaired) electrons. The molecule has 0 unspecified atom stereocenters. The molecule has 5 aromatic rings. The number of aromatic nitrogens is 5. The Morgan fingerprint density at radius 3 is 2.60 bits per heavy atom. The van der Waals surface area contributed by atoms with Gasteiger partial charge in [-0.1, -0.05) is 43.2 Å². The summed E-state index contributed by atoms with van der Waals surface area (Å²) in [5.74, 6) is 6.70. The van der Waals surface area contributed by atoms with Crippen molar-refractivity contribution in [2.45, 2.75) is 13.3 Å². The first-order valence-electron chi connectivity index (χ1n) is 12.3. The highest BCUT2D eigenvalue weighted by atomic mass is 16.3. The van der Waals surface area contributed by atoms with Gasteiger partial charge in [0.1, 0.15) is 23.5 Å². The summed E-state index contributed by atoms with van der Waals surface area (Å²) in [4.78, 5) is 33.0. The van der Waals surface area contributed by atoms with E-state index in [4.69, 9.17) is 20.9 Å². The molecule has 1 amide bonds. The Bertz CT molecular complexity index is 1780. The summed E-state index contributed by atoms with van der Waals surface area (Å²) in [6.07, 6.45) is 5.10. The molecule has 0 aliphatic rings. The van der Waals surface area contributed by atoms with Crippen LogP contribution in [0.3, 0.4) is 0 Å². The lowest BCUT2D eigenvalue weighted by Crippen LogP contribution is -2.24. The van der Waals surface area contributed by atoms with Crippen LogP contribution >= 0.6 is 0 Å². The molecule has 11 nitrogen and oxygen atoms in total. The number of nitrogens with one attached hydrogen (secondary N) is 1. The zero-order chi connectivity index (χ0) is 28.6. The molecular formula is C29H28N8O3. The van der Waals surface area contributed by atoms with Crippen molar-refractivity contribution >= 4 is 28.4 Å². The highest BCUT2D eigenvalue weighted by Gasteiger charge is 2.18. The molecule has 5 N–H and O–H groups in total. The molecule has 40 heavy (non-hydrogen) atoms. The number of hydrogen-bond acceptors (Lipinski definition) is 8. The lowest BCUT2D eigenvalue weighted by Gasteiger charge is -2.13. The maximum atomic E-state index is 13.3. The Labute approximate surface area is 230 Å². The van der Waals surface area contributed by atoms with Gasteiger partial charge in [0.2, 0.25) is 0 Å². The minimum Gasteiger partial charge on any atom is -0.450 e. The Hall–Kier alpha value is -5.63. The molecule has 0 fully saturated rings. The number of rotatable bonds is 6. The average molecular weight is 537 g/mol. The van der Waals surface area contributed by atoms with E-state index in [2.05, 4.69) is 33.8 Å². The maximum Gasteiger partial charge on any atom is 0.267 e. The number of carbonyl (C=O) groups excluding carboxylic acids is 1. The molecule has 3 heterocycles. The first kappa shape index (κ1) is 27.4. The largest absolute Gasteiger partial charge is 0.450 e. The Morgan fingerprint density at radius 1 is 1.18 bits per heavy atom. The average Bonchev–Trinajstić information content (AvgIpc) is 3.58. The fraction of sp³-hybridized carbons (Fsp3) is 0.138. The summed E-state index contributed by atoms with van der Waals surface area (Å²) in [7, 11) is 1.67. The van der Waals surface area contributed by atoms with Crippen molar-refractivity contribution in [3.63, 3.8) is 0 Å². The minimum absolute atomic E-state index is 0.122. The van der Waals surface area contributed by atoms with Gasteiger partial charge in [0.25, 0.3) is 11.5 Å². The van der Waals surface area contributed by atoms with Crippen LogP contribution in [0.5, 0.6) is 0 Å². The van der Waals surface area contributed by atoms with Gasteiger partial charge in [0, 0.05) is 25.6 Å². The van der Waals surface area contributed by atoms with Crippen molar-refractivity contribution in [3.8, 4) is 17.5 Å². The van der Waals surface area contributed by atoms with Crippen molar-refractivity contribution in [2.24, 2.45) is 12.8 Å². The van der Waals surface area contributed by atoms with E-state index in [0.29, 0.717) is 40.9 Å².